The Kier molecular flexibility index (Phi) is 7.31. The highest BCUT2D eigenvalue weighted by molar-refractivity contribution is 5.80. The molecule has 2 aromatic carbocycles. The van der Waals surface area contributed by atoms with Crippen LogP contribution in [0.5, 0.6) is 11.5 Å². The van der Waals surface area contributed by atoms with Gasteiger partial charge in [0, 0.05) is 6.54 Å². The molecule has 132 valence electrons. The number of carbonyl (C=O) groups excluding carboxylic acids is 2. The molecule has 0 spiro atoms. The van der Waals surface area contributed by atoms with E-state index in [2.05, 4.69) is 5.32 Å². The van der Waals surface area contributed by atoms with Gasteiger partial charge in [0.15, 0.2) is 24.7 Å². The molecule has 0 saturated carbocycles. The first-order valence-corrected chi connectivity index (χ1v) is 8.00. The number of nitrogens with one attached hydrogen (secondary N) is 1. The largest absolute Gasteiger partial charge is 0.490 e. The fourth-order valence-corrected chi connectivity index (χ4v) is 2.02. The quantitative estimate of drug-likeness (QED) is 0.708. The smallest absolute Gasteiger partial charge is 0.344 e. The molecule has 0 aliphatic carbocycles. The topological polar surface area (TPSA) is 73.9 Å². The number of rotatable bonds is 9. The SMILES string of the molecule is CCOc1ccccc1OCC(=O)OCC(=O)NCc1ccccc1. The van der Waals surface area contributed by atoms with Crippen molar-refractivity contribution >= 4 is 11.9 Å². The summed E-state index contributed by atoms with van der Waals surface area (Å²) in [7, 11) is 0. The second kappa shape index (κ2) is 9.97. The van der Waals surface area contributed by atoms with Gasteiger partial charge in [-0.05, 0) is 24.6 Å². The Morgan fingerprint density at radius 3 is 2.20 bits per heavy atom. The number of hydrogen-bond donors (Lipinski definition) is 1. The van der Waals surface area contributed by atoms with E-state index < -0.39 is 5.97 Å². The van der Waals surface area contributed by atoms with Crippen molar-refractivity contribution in [3.8, 4) is 11.5 Å². The third-order valence-corrected chi connectivity index (χ3v) is 3.19. The van der Waals surface area contributed by atoms with Crippen LogP contribution in [0.3, 0.4) is 0 Å². The van der Waals surface area contributed by atoms with E-state index in [-0.39, 0.29) is 19.1 Å². The first-order valence-electron chi connectivity index (χ1n) is 8.00. The number of para-hydroxylation sites is 2. The molecule has 0 atom stereocenters. The third kappa shape index (κ3) is 6.55. The minimum atomic E-state index is -0.624. The molecular formula is C19H21NO5. The lowest BCUT2D eigenvalue weighted by molar-refractivity contribution is -0.150. The number of esters is 1. The maximum absolute atomic E-state index is 11.7. The molecule has 25 heavy (non-hydrogen) atoms. The highest BCUT2D eigenvalue weighted by Gasteiger charge is 2.10. The molecule has 2 rings (SSSR count). The molecule has 0 heterocycles. The normalized spacial score (nSPS) is 9.96. The summed E-state index contributed by atoms with van der Waals surface area (Å²) >= 11 is 0. The summed E-state index contributed by atoms with van der Waals surface area (Å²) in [5.41, 5.74) is 0.970. The lowest BCUT2D eigenvalue weighted by Crippen LogP contribution is -2.29. The first-order chi connectivity index (χ1) is 12.2. The van der Waals surface area contributed by atoms with Crippen molar-refractivity contribution < 1.29 is 23.8 Å². The van der Waals surface area contributed by atoms with Gasteiger partial charge in [0.25, 0.3) is 5.91 Å². The fourth-order valence-electron chi connectivity index (χ4n) is 2.02. The lowest BCUT2D eigenvalue weighted by atomic mass is 10.2. The number of amides is 1. The zero-order chi connectivity index (χ0) is 17.9. The van der Waals surface area contributed by atoms with E-state index in [4.69, 9.17) is 14.2 Å². The summed E-state index contributed by atoms with van der Waals surface area (Å²) in [5.74, 6) is 0.0151. The van der Waals surface area contributed by atoms with E-state index in [0.29, 0.717) is 24.7 Å². The number of hydrogen-bond acceptors (Lipinski definition) is 5. The second-order valence-electron chi connectivity index (χ2n) is 5.09. The van der Waals surface area contributed by atoms with E-state index in [1.807, 2.05) is 43.3 Å². The van der Waals surface area contributed by atoms with Crippen LogP contribution in [0.1, 0.15) is 12.5 Å². The summed E-state index contributed by atoms with van der Waals surface area (Å²) in [5, 5.41) is 2.68. The Balaban J connectivity index is 1.69. The maximum Gasteiger partial charge on any atom is 0.344 e. The summed E-state index contributed by atoms with van der Waals surface area (Å²) in [4.78, 5) is 23.4. The monoisotopic (exact) mass is 343 g/mol. The molecule has 0 fully saturated rings. The van der Waals surface area contributed by atoms with E-state index in [9.17, 15) is 9.59 Å². The highest BCUT2D eigenvalue weighted by atomic mass is 16.6. The Hall–Kier alpha value is -3.02. The van der Waals surface area contributed by atoms with Crippen LogP contribution >= 0.6 is 0 Å². The van der Waals surface area contributed by atoms with Crippen LogP contribution in [0.15, 0.2) is 54.6 Å². The van der Waals surface area contributed by atoms with Crippen molar-refractivity contribution in [2.75, 3.05) is 19.8 Å². The van der Waals surface area contributed by atoms with Crippen LogP contribution < -0.4 is 14.8 Å². The number of ether oxygens (including phenoxy) is 3. The van der Waals surface area contributed by atoms with Crippen molar-refractivity contribution in [1.29, 1.82) is 0 Å². The van der Waals surface area contributed by atoms with Crippen molar-refractivity contribution in [2.24, 2.45) is 0 Å². The highest BCUT2D eigenvalue weighted by Crippen LogP contribution is 2.26. The molecule has 0 bridgehead atoms. The molecule has 6 nitrogen and oxygen atoms in total. The minimum Gasteiger partial charge on any atom is -0.490 e. The van der Waals surface area contributed by atoms with Gasteiger partial charge in [0.05, 0.1) is 6.61 Å². The van der Waals surface area contributed by atoms with E-state index in [0.717, 1.165) is 5.56 Å². The number of benzene rings is 2. The molecule has 0 aliphatic heterocycles. The third-order valence-electron chi connectivity index (χ3n) is 3.19. The Bertz CT molecular complexity index is 687. The van der Waals surface area contributed by atoms with Crippen LogP contribution in [-0.4, -0.2) is 31.7 Å². The maximum atomic E-state index is 11.7. The molecule has 2 aromatic rings. The summed E-state index contributed by atoms with van der Waals surface area (Å²) in [6.07, 6.45) is 0. The second-order valence-corrected chi connectivity index (χ2v) is 5.09. The summed E-state index contributed by atoms with van der Waals surface area (Å²) in [6.45, 7) is 2.10. The predicted octanol–water partition coefficient (Wildman–Crippen LogP) is 2.32. The molecule has 0 aromatic heterocycles. The van der Waals surface area contributed by atoms with Crippen LogP contribution in [0.25, 0.3) is 0 Å². The van der Waals surface area contributed by atoms with Gasteiger partial charge in [0.1, 0.15) is 0 Å². The van der Waals surface area contributed by atoms with Gasteiger partial charge in [0.2, 0.25) is 0 Å². The van der Waals surface area contributed by atoms with Crippen molar-refractivity contribution in [3.63, 3.8) is 0 Å². The fraction of sp³-hybridized carbons (Fsp3) is 0.263. The Morgan fingerprint density at radius 2 is 1.52 bits per heavy atom. The van der Waals surface area contributed by atoms with Crippen molar-refractivity contribution in [3.05, 3.63) is 60.2 Å². The molecule has 1 amide bonds. The van der Waals surface area contributed by atoms with Crippen molar-refractivity contribution in [1.82, 2.24) is 5.32 Å². The molecule has 0 radical (unpaired) electrons. The molecule has 0 aliphatic rings. The van der Waals surface area contributed by atoms with Crippen LogP contribution in [0.4, 0.5) is 0 Å². The van der Waals surface area contributed by atoms with Gasteiger partial charge in [-0.15, -0.1) is 0 Å². The zero-order valence-electron chi connectivity index (χ0n) is 14.1. The lowest BCUT2D eigenvalue weighted by Gasteiger charge is -2.11. The Labute approximate surface area is 146 Å². The predicted molar refractivity (Wildman–Crippen MR) is 92.4 cm³/mol. The van der Waals surface area contributed by atoms with Gasteiger partial charge >= 0.3 is 5.97 Å². The van der Waals surface area contributed by atoms with Crippen LogP contribution in [-0.2, 0) is 20.9 Å². The van der Waals surface area contributed by atoms with Gasteiger partial charge in [-0.2, -0.15) is 0 Å². The van der Waals surface area contributed by atoms with Gasteiger partial charge in [-0.25, -0.2) is 4.79 Å². The van der Waals surface area contributed by atoms with E-state index >= 15 is 0 Å². The first kappa shape index (κ1) is 18.3. The standard InChI is InChI=1S/C19H21NO5/c1-2-23-16-10-6-7-11-17(16)24-14-19(22)25-13-18(21)20-12-15-8-4-3-5-9-15/h3-11H,2,12-14H2,1H3,(H,20,21). The summed E-state index contributed by atoms with van der Waals surface area (Å²) in [6, 6.07) is 16.5. The van der Waals surface area contributed by atoms with Crippen LogP contribution in [0, 0.1) is 0 Å². The summed E-state index contributed by atoms with van der Waals surface area (Å²) < 4.78 is 15.7. The van der Waals surface area contributed by atoms with Gasteiger partial charge in [-0.3, -0.25) is 4.79 Å². The van der Waals surface area contributed by atoms with E-state index in [1.54, 1.807) is 18.2 Å². The van der Waals surface area contributed by atoms with Crippen LogP contribution in [0.2, 0.25) is 0 Å². The molecule has 0 unspecified atom stereocenters. The van der Waals surface area contributed by atoms with E-state index in [1.165, 1.54) is 0 Å². The molecule has 6 heteroatoms. The molecule has 1 N–H and O–H groups in total. The van der Waals surface area contributed by atoms with Crippen molar-refractivity contribution in [2.45, 2.75) is 13.5 Å². The molecule has 0 saturated heterocycles. The zero-order valence-corrected chi connectivity index (χ0v) is 14.1. The van der Waals surface area contributed by atoms with Gasteiger partial charge < -0.3 is 19.5 Å². The average Bonchev–Trinajstić information content (AvgIpc) is 2.65. The minimum absolute atomic E-state index is 0.296. The number of carbonyl (C=O) groups is 2. The van der Waals surface area contributed by atoms with Gasteiger partial charge in [-0.1, -0.05) is 42.5 Å². The molecular weight excluding hydrogens is 322 g/mol. The Morgan fingerprint density at radius 1 is 0.880 bits per heavy atom. The average molecular weight is 343 g/mol.